The maximum Gasteiger partial charge on any atom is 0.276 e. The molecule has 0 saturated heterocycles. The van der Waals surface area contributed by atoms with Gasteiger partial charge >= 0.3 is 0 Å². The highest BCUT2D eigenvalue weighted by Gasteiger charge is 2.08. The van der Waals surface area contributed by atoms with Crippen LogP contribution < -0.4 is 15.6 Å². The Labute approximate surface area is 140 Å². The highest BCUT2D eigenvalue weighted by atomic mass is 16.5. The normalized spacial score (nSPS) is 9.71. The van der Waals surface area contributed by atoms with Gasteiger partial charge in [-0.05, 0) is 55.3 Å². The third-order valence-electron chi connectivity index (χ3n) is 3.42. The molecule has 0 aromatic heterocycles. The maximum atomic E-state index is 11.9. The lowest BCUT2D eigenvalue weighted by Gasteiger charge is -2.10. The predicted molar refractivity (Wildman–Crippen MR) is 88.2 cm³/mol. The van der Waals surface area contributed by atoms with Crippen molar-refractivity contribution < 1.29 is 14.3 Å². The predicted octanol–water partition coefficient (Wildman–Crippen LogP) is 2.02. The summed E-state index contributed by atoms with van der Waals surface area (Å²) in [4.78, 5) is 23.6. The number of ether oxygens (including phenoxy) is 1. The van der Waals surface area contributed by atoms with Gasteiger partial charge in [0.1, 0.15) is 5.75 Å². The van der Waals surface area contributed by atoms with Gasteiger partial charge in [0, 0.05) is 5.56 Å². The summed E-state index contributed by atoms with van der Waals surface area (Å²) in [7, 11) is 0. The lowest BCUT2D eigenvalue weighted by atomic mass is 10.1. The van der Waals surface area contributed by atoms with E-state index in [1.807, 2.05) is 32.0 Å². The van der Waals surface area contributed by atoms with Crippen LogP contribution in [-0.2, 0) is 4.79 Å². The third kappa shape index (κ3) is 4.58. The van der Waals surface area contributed by atoms with Gasteiger partial charge in [-0.25, -0.2) is 0 Å². The van der Waals surface area contributed by atoms with Gasteiger partial charge in [-0.15, -0.1) is 0 Å². The van der Waals surface area contributed by atoms with E-state index in [0.29, 0.717) is 11.3 Å². The van der Waals surface area contributed by atoms with Gasteiger partial charge in [0.2, 0.25) is 0 Å². The van der Waals surface area contributed by atoms with Crippen LogP contribution in [0.4, 0.5) is 0 Å². The molecule has 2 aromatic carbocycles. The molecular weight excluding hydrogens is 306 g/mol. The molecule has 0 saturated carbocycles. The molecule has 6 heteroatoms. The van der Waals surface area contributed by atoms with Crippen LogP contribution in [0.15, 0.2) is 42.5 Å². The number of nitriles is 1. The molecule has 0 fully saturated rings. The summed E-state index contributed by atoms with van der Waals surface area (Å²) in [5, 5.41) is 8.81. The van der Waals surface area contributed by atoms with E-state index in [1.165, 1.54) is 6.07 Å². The zero-order chi connectivity index (χ0) is 17.5. The smallest absolute Gasteiger partial charge is 0.276 e. The van der Waals surface area contributed by atoms with E-state index in [2.05, 4.69) is 10.9 Å². The average Bonchev–Trinajstić information content (AvgIpc) is 2.60. The summed E-state index contributed by atoms with van der Waals surface area (Å²) < 4.78 is 5.37. The number of rotatable bonds is 4. The van der Waals surface area contributed by atoms with Gasteiger partial charge in [0.25, 0.3) is 11.8 Å². The van der Waals surface area contributed by atoms with Crippen LogP contribution in [0.5, 0.6) is 5.75 Å². The molecule has 0 spiro atoms. The van der Waals surface area contributed by atoms with Crippen molar-refractivity contribution in [3.63, 3.8) is 0 Å². The fourth-order valence-corrected chi connectivity index (χ4v) is 1.92. The number of carbonyl (C=O) groups is 2. The zero-order valence-electron chi connectivity index (χ0n) is 13.4. The lowest BCUT2D eigenvalue weighted by molar-refractivity contribution is -0.123. The standard InChI is InChI=1S/C18H17N3O3/c1-12-6-7-16(8-13(12)2)24-11-17(22)20-21-18(23)15-5-3-4-14(9-15)10-19/h3-9H,11H2,1-2H3,(H,20,22)(H,21,23). The summed E-state index contributed by atoms with van der Waals surface area (Å²) in [6.07, 6.45) is 0. The van der Waals surface area contributed by atoms with Crippen molar-refractivity contribution in [1.82, 2.24) is 10.9 Å². The van der Waals surface area contributed by atoms with Gasteiger partial charge in [-0.1, -0.05) is 12.1 Å². The maximum absolute atomic E-state index is 11.9. The minimum atomic E-state index is -0.508. The SMILES string of the molecule is Cc1ccc(OCC(=O)NNC(=O)c2cccc(C#N)c2)cc1C. The number of nitrogens with one attached hydrogen (secondary N) is 2. The first-order valence-electron chi connectivity index (χ1n) is 7.29. The first kappa shape index (κ1) is 17.0. The molecule has 0 atom stereocenters. The molecule has 2 N–H and O–H groups in total. The first-order valence-corrected chi connectivity index (χ1v) is 7.29. The van der Waals surface area contributed by atoms with Crippen LogP contribution in [0, 0.1) is 25.2 Å². The summed E-state index contributed by atoms with van der Waals surface area (Å²) in [6, 6.07) is 13.6. The molecule has 0 radical (unpaired) electrons. The molecule has 2 aromatic rings. The Morgan fingerprint density at radius 1 is 1.08 bits per heavy atom. The first-order chi connectivity index (χ1) is 11.5. The topological polar surface area (TPSA) is 91.2 Å². The molecule has 0 aliphatic heterocycles. The van der Waals surface area contributed by atoms with E-state index in [9.17, 15) is 9.59 Å². The summed E-state index contributed by atoms with van der Waals surface area (Å²) >= 11 is 0. The highest BCUT2D eigenvalue weighted by molar-refractivity contribution is 5.95. The van der Waals surface area contributed by atoms with Crippen molar-refractivity contribution in [2.75, 3.05) is 6.61 Å². The largest absolute Gasteiger partial charge is 0.484 e. The van der Waals surface area contributed by atoms with E-state index in [1.54, 1.807) is 24.3 Å². The number of nitrogens with zero attached hydrogens (tertiary/aromatic N) is 1. The van der Waals surface area contributed by atoms with Crippen molar-refractivity contribution in [2.45, 2.75) is 13.8 Å². The Morgan fingerprint density at radius 2 is 1.88 bits per heavy atom. The number of benzene rings is 2. The molecule has 0 unspecified atom stereocenters. The van der Waals surface area contributed by atoms with Crippen molar-refractivity contribution in [3.05, 3.63) is 64.7 Å². The number of amides is 2. The number of hydrazine groups is 1. The second-order valence-corrected chi connectivity index (χ2v) is 5.23. The van der Waals surface area contributed by atoms with E-state index in [0.717, 1.165) is 11.1 Å². The Bertz CT molecular complexity index is 809. The van der Waals surface area contributed by atoms with E-state index in [-0.39, 0.29) is 12.2 Å². The fourth-order valence-electron chi connectivity index (χ4n) is 1.92. The van der Waals surface area contributed by atoms with Crippen molar-refractivity contribution in [3.8, 4) is 11.8 Å². The number of hydrogen-bond acceptors (Lipinski definition) is 4. The van der Waals surface area contributed by atoms with Crippen LogP contribution in [0.25, 0.3) is 0 Å². The molecule has 6 nitrogen and oxygen atoms in total. The summed E-state index contributed by atoms with van der Waals surface area (Å²) in [5.41, 5.74) is 7.40. The van der Waals surface area contributed by atoms with E-state index >= 15 is 0 Å². The second kappa shape index (κ2) is 7.79. The van der Waals surface area contributed by atoms with Gasteiger partial charge in [0.05, 0.1) is 11.6 Å². The molecule has 0 aliphatic rings. The molecule has 0 bridgehead atoms. The summed E-state index contributed by atoms with van der Waals surface area (Å²) in [6.45, 7) is 3.72. The van der Waals surface area contributed by atoms with Crippen molar-refractivity contribution >= 4 is 11.8 Å². The second-order valence-electron chi connectivity index (χ2n) is 5.23. The molecule has 0 heterocycles. The quantitative estimate of drug-likeness (QED) is 0.842. The molecule has 0 aliphatic carbocycles. The van der Waals surface area contributed by atoms with Gasteiger partial charge in [-0.2, -0.15) is 5.26 Å². The molecule has 122 valence electrons. The zero-order valence-corrected chi connectivity index (χ0v) is 13.4. The molecule has 2 amide bonds. The number of aryl methyl sites for hydroxylation is 2. The van der Waals surface area contributed by atoms with Crippen LogP contribution in [0.3, 0.4) is 0 Å². The van der Waals surface area contributed by atoms with Crippen LogP contribution in [0.1, 0.15) is 27.0 Å². The van der Waals surface area contributed by atoms with Gasteiger partial charge in [-0.3, -0.25) is 20.4 Å². The fraction of sp³-hybridized carbons (Fsp3) is 0.167. The molecule has 24 heavy (non-hydrogen) atoms. The Balaban J connectivity index is 1.83. The number of hydrogen-bond donors (Lipinski definition) is 2. The van der Waals surface area contributed by atoms with E-state index in [4.69, 9.17) is 10.00 Å². The Kier molecular flexibility index (Phi) is 5.53. The minimum absolute atomic E-state index is 0.221. The van der Waals surface area contributed by atoms with Gasteiger partial charge < -0.3 is 4.74 Å². The van der Waals surface area contributed by atoms with E-state index < -0.39 is 11.8 Å². The molecule has 2 rings (SSSR count). The van der Waals surface area contributed by atoms with Gasteiger partial charge in [0.15, 0.2) is 6.61 Å². The van der Waals surface area contributed by atoms with Crippen LogP contribution in [0.2, 0.25) is 0 Å². The monoisotopic (exact) mass is 323 g/mol. The van der Waals surface area contributed by atoms with Crippen LogP contribution >= 0.6 is 0 Å². The summed E-state index contributed by atoms with van der Waals surface area (Å²) in [5.74, 6) is -0.411. The van der Waals surface area contributed by atoms with Crippen LogP contribution in [-0.4, -0.2) is 18.4 Å². The Morgan fingerprint density at radius 3 is 2.58 bits per heavy atom. The minimum Gasteiger partial charge on any atom is -0.484 e. The highest BCUT2D eigenvalue weighted by Crippen LogP contribution is 2.16. The third-order valence-corrected chi connectivity index (χ3v) is 3.42. The van der Waals surface area contributed by atoms with Crippen molar-refractivity contribution in [1.29, 1.82) is 5.26 Å². The molecular formula is C18H17N3O3. The average molecular weight is 323 g/mol. The Hall–Kier alpha value is -3.33. The van der Waals surface area contributed by atoms with Crippen molar-refractivity contribution in [2.24, 2.45) is 0 Å². The lowest BCUT2D eigenvalue weighted by Crippen LogP contribution is -2.43. The number of carbonyl (C=O) groups excluding carboxylic acids is 2.